The lowest BCUT2D eigenvalue weighted by Crippen LogP contribution is -2.56. The smallest absolute Gasteiger partial charge is 0.00364 e. The van der Waals surface area contributed by atoms with Crippen LogP contribution in [-0.2, 0) is 10.8 Å². The van der Waals surface area contributed by atoms with Gasteiger partial charge in [0.05, 0.1) is 0 Å². The van der Waals surface area contributed by atoms with Crippen molar-refractivity contribution in [3.05, 3.63) is 71.8 Å². The summed E-state index contributed by atoms with van der Waals surface area (Å²) in [5, 5.41) is 0. The fourth-order valence-corrected chi connectivity index (χ4v) is 5.82. The Bertz CT molecular complexity index is 610. The molecule has 0 bridgehead atoms. The van der Waals surface area contributed by atoms with E-state index in [1.54, 1.807) is 0 Å². The van der Waals surface area contributed by atoms with Crippen LogP contribution in [0, 0.1) is 11.3 Å². The molecule has 2 aromatic rings. The average molecular weight is 351 g/mol. The quantitative estimate of drug-likeness (QED) is 0.456. The van der Waals surface area contributed by atoms with Crippen LogP contribution >= 0.6 is 0 Å². The summed E-state index contributed by atoms with van der Waals surface area (Å²) in [5.74, 6) is 0.569. The van der Waals surface area contributed by atoms with Gasteiger partial charge < -0.3 is 0 Å². The van der Waals surface area contributed by atoms with Gasteiger partial charge in [0.1, 0.15) is 0 Å². The number of rotatable bonds is 8. The van der Waals surface area contributed by atoms with Crippen LogP contribution in [0.3, 0.4) is 0 Å². The van der Waals surface area contributed by atoms with E-state index in [2.05, 4.69) is 109 Å². The maximum Gasteiger partial charge on any atom is -0.00364 e. The molecular formula is C26H38. The monoisotopic (exact) mass is 350 g/mol. The zero-order chi connectivity index (χ0) is 19.4. The van der Waals surface area contributed by atoms with Crippen LogP contribution < -0.4 is 0 Å². The Labute approximate surface area is 162 Å². The molecule has 0 amide bonds. The second-order valence-electron chi connectivity index (χ2n) is 9.21. The largest absolute Gasteiger partial charge is 0.0654 e. The van der Waals surface area contributed by atoms with Crippen LogP contribution in [0.2, 0.25) is 0 Å². The zero-order valence-electron chi connectivity index (χ0n) is 18.0. The molecule has 0 atom stereocenters. The zero-order valence-corrected chi connectivity index (χ0v) is 18.0. The summed E-state index contributed by atoms with van der Waals surface area (Å²) in [6.07, 6.45) is 3.75. The van der Waals surface area contributed by atoms with E-state index in [1.807, 2.05) is 0 Å². The van der Waals surface area contributed by atoms with Crippen molar-refractivity contribution in [3.8, 4) is 0 Å². The maximum absolute atomic E-state index is 2.47. The molecule has 0 heterocycles. The highest BCUT2D eigenvalue weighted by molar-refractivity contribution is 5.35. The van der Waals surface area contributed by atoms with Gasteiger partial charge >= 0.3 is 0 Å². The van der Waals surface area contributed by atoms with Gasteiger partial charge in [-0.3, -0.25) is 0 Å². The third-order valence-corrected chi connectivity index (χ3v) is 7.13. The van der Waals surface area contributed by atoms with Crippen molar-refractivity contribution in [1.82, 2.24) is 0 Å². The van der Waals surface area contributed by atoms with Crippen molar-refractivity contribution in [2.45, 2.75) is 78.6 Å². The predicted molar refractivity (Wildman–Crippen MR) is 116 cm³/mol. The Morgan fingerprint density at radius 1 is 0.692 bits per heavy atom. The predicted octanol–water partition coefficient (Wildman–Crippen LogP) is 7.77. The third-order valence-electron chi connectivity index (χ3n) is 7.13. The summed E-state index contributed by atoms with van der Waals surface area (Å²) in [6, 6.07) is 22.3. The summed E-state index contributed by atoms with van der Waals surface area (Å²) in [5.41, 5.74) is 3.19. The van der Waals surface area contributed by atoms with E-state index in [4.69, 9.17) is 0 Å². The third kappa shape index (κ3) is 3.36. The van der Waals surface area contributed by atoms with Crippen LogP contribution in [-0.4, -0.2) is 0 Å². The molecular weight excluding hydrogens is 312 g/mol. The molecule has 0 unspecified atom stereocenters. The van der Waals surface area contributed by atoms with Crippen LogP contribution in [0.25, 0.3) is 0 Å². The molecule has 2 aromatic carbocycles. The molecule has 0 N–H and O–H groups in total. The first-order valence-electron chi connectivity index (χ1n) is 10.3. The second-order valence-corrected chi connectivity index (χ2v) is 9.21. The molecule has 0 aliphatic carbocycles. The summed E-state index contributed by atoms with van der Waals surface area (Å²) in [6.45, 7) is 17.1. The summed E-state index contributed by atoms with van der Waals surface area (Å²) in [7, 11) is 0. The normalized spacial score (nSPS) is 13.2. The number of hydrogen-bond acceptors (Lipinski definition) is 0. The summed E-state index contributed by atoms with van der Waals surface area (Å²) < 4.78 is 0. The highest BCUT2D eigenvalue weighted by Gasteiger charge is 2.56. The van der Waals surface area contributed by atoms with Gasteiger partial charge in [0.2, 0.25) is 0 Å². The van der Waals surface area contributed by atoms with Gasteiger partial charge in [-0.05, 0) is 39.7 Å². The molecule has 142 valence electrons. The fourth-order valence-electron chi connectivity index (χ4n) is 5.82. The van der Waals surface area contributed by atoms with Gasteiger partial charge in [-0.1, -0.05) is 122 Å². The van der Waals surface area contributed by atoms with E-state index in [-0.39, 0.29) is 16.2 Å². The van der Waals surface area contributed by atoms with Crippen LogP contribution in [0.4, 0.5) is 0 Å². The first kappa shape index (κ1) is 20.7. The lowest BCUT2D eigenvalue weighted by Gasteiger charge is -2.60. The van der Waals surface area contributed by atoms with Crippen LogP contribution in [0.5, 0.6) is 0 Å². The molecule has 0 saturated carbocycles. The molecule has 26 heavy (non-hydrogen) atoms. The fraction of sp³-hybridized carbons (Fsp3) is 0.538. The van der Waals surface area contributed by atoms with Crippen molar-refractivity contribution in [2.75, 3.05) is 0 Å². The number of benzene rings is 2. The Kier molecular flexibility index (Phi) is 6.37. The lowest BCUT2D eigenvalue weighted by molar-refractivity contribution is -0.0154. The molecule has 0 fully saturated rings. The lowest BCUT2D eigenvalue weighted by atomic mass is 9.44. The van der Waals surface area contributed by atoms with Crippen molar-refractivity contribution < 1.29 is 0 Å². The van der Waals surface area contributed by atoms with Crippen molar-refractivity contribution in [3.63, 3.8) is 0 Å². The van der Waals surface area contributed by atoms with E-state index < -0.39 is 0 Å². The topological polar surface area (TPSA) is 0 Å². The van der Waals surface area contributed by atoms with Crippen LogP contribution in [0.15, 0.2) is 60.7 Å². The van der Waals surface area contributed by atoms with Gasteiger partial charge in [-0.25, -0.2) is 0 Å². The molecule has 0 nitrogen and oxygen atoms in total. The van der Waals surface area contributed by atoms with E-state index in [9.17, 15) is 0 Å². The van der Waals surface area contributed by atoms with E-state index in [0.717, 1.165) is 0 Å². The average Bonchev–Trinajstić information content (AvgIpc) is 2.63. The molecule has 0 aliphatic heterocycles. The summed E-state index contributed by atoms with van der Waals surface area (Å²) in [4.78, 5) is 0. The van der Waals surface area contributed by atoms with E-state index >= 15 is 0 Å². The molecule has 0 spiro atoms. The van der Waals surface area contributed by atoms with Gasteiger partial charge in [-0.15, -0.1) is 0 Å². The Balaban J connectivity index is 2.73. The molecule has 0 heteroatoms. The maximum atomic E-state index is 2.47. The molecule has 2 rings (SSSR count). The Morgan fingerprint density at radius 2 is 1.08 bits per heavy atom. The van der Waals surface area contributed by atoms with Gasteiger partial charge in [-0.2, -0.15) is 0 Å². The van der Waals surface area contributed by atoms with E-state index in [1.165, 1.54) is 30.4 Å². The first-order chi connectivity index (χ1) is 12.2. The minimum Gasteiger partial charge on any atom is -0.0654 e. The van der Waals surface area contributed by atoms with Gasteiger partial charge in [0.25, 0.3) is 0 Å². The first-order valence-corrected chi connectivity index (χ1v) is 10.3. The molecule has 0 saturated heterocycles. The second kappa shape index (κ2) is 7.99. The highest BCUT2D eigenvalue weighted by Crippen LogP contribution is 2.60. The summed E-state index contributed by atoms with van der Waals surface area (Å²) >= 11 is 0. The minimum atomic E-state index is 0.0664. The van der Waals surface area contributed by atoms with Crippen molar-refractivity contribution in [1.29, 1.82) is 0 Å². The van der Waals surface area contributed by atoms with Crippen LogP contribution in [0.1, 0.15) is 78.9 Å². The highest BCUT2D eigenvalue weighted by atomic mass is 14.6. The van der Waals surface area contributed by atoms with Gasteiger partial charge in [0.15, 0.2) is 0 Å². The molecule has 0 radical (unpaired) electrons. The van der Waals surface area contributed by atoms with Gasteiger partial charge in [0, 0.05) is 0 Å². The van der Waals surface area contributed by atoms with E-state index in [0.29, 0.717) is 5.92 Å². The Hall–Kier alpha value is -1.56. The molecule has 0 aromatic heterocycles. The molecule has 0 aliphatic rings. The van der Waals surface area contributed by atoms with Crippen molar-refractivity contribution in [2.24, 2.45) is 11.3 Å². The number of unbranched alkanes of at least 4 members (excludes halogenated alkanes) is 1. The number of hydrogen-bond donors (Lipinski definition) is 0. The van der Waals surface area contributed by atoms with Crippen molar-refractivity contribution >= 4 is 0 Å². The minimum absolute atomic E-state index is 0.0664. The Morgan fingerprint density at radius 3 is 1.38 bits per heavy atom. The standard InChI is InChI=1S/C26H38/c1-8-9-20-26(21(2)3,24(4,5)22-16-12-10-13-17-22)25(6,7)23-18-14-11-15-19-23/h10-19,21H,8-9,20H2,1-7H3. The SMILES string of the molecule is CCCCC(C(C)C)(C(C)(C)c1ccccc1)C(C)(C)c1ccccc1.